The van der Waals surface area contributed by atoms with Crippen molar-refractivity contribution in [2.24, 2.45) is 9.98 Å². The summed E-state index contributed by atoms with van der Waals surface area (Å²) in [6, 6.07) is 6.60. The molecule has 0 saturated carbocycles. The van der Waals surface area contributed by atoms with E-state index in [4.69, 9.17) is 9.41 Å². The number of rotatable bonds is 3. The number of nitrogens with one attached hydrogen (secondary N) is 1. The highest BCUT2D eigenvalue weighted by Crippen LogP contribution is 2.35. The molecular weight excluding hydrogens is 320 g/mol. The summed E-state index contributed by atoms with van der Waals surface area (Å²) in [5, 5.41) is 12.4. The van der Waals surface area contributed by atoms with Gasteiger partial charge in [0.15, 0.2) is 0 Å². The van der Waals surface area contributed by atoms with E-state index in [-0.39, 0.29) is 17.7 Å². The first-order chi connectivity index (χ1) is 12.1. The summed E-state index contributed by atoms with van der Waals surface area (Å²) < 4.78 is 5.68. The van der Waals surface area contributed by atoms with Crippen LogP contribution in [0.15, 0.2) is 38.7 Å². The number of fused-ring (bicyclic) bond motifs is 3. The number of hydrogen-bond acceptors (Lipinski definition) is 6. The van der Waals surface area contributed by atoms with E-state index in [1.54, 1.807) is 31.5 Å². The second-order valence-electron chi connectivity index (χ2n) is 6.13. The third kappa shape index (κ3) is 2.57. The summed E-state index contributed by atoms with van der Waals surface area (Å²) in [6.07, 6.45) is 2.63. The lowest BCUT2D eigenvalue weighted by atomic mass is 10.1. The van der Waals surface area contributed by atoms with Gasteiger partial charge in [-0.05, 0) is 25.5 Å². The molecule has 3 heterocycles. The number of amides is 1. The van der Waals surface area contributed by atoms with Crippen molar-refractivity contribution in [3.05, 3.63) is 41.2 Å². The molecule has 1 aromatic carbocycles. The van der Waals surface area contributed by atoms with Crippen molar-refractivity contribution in [1.29, 1.82) is 0 Å². The number of nitrogens with zero attached hydrogens (tertiary/aromatic N) is 3. The lowest BCUT2D eigenvalue weighted by Gasteiger charge is -2.18. The number of aromatic hydroxyl groups is 1. The van der Waals surface area contributed by atoms with Gasteiger partial charge >= 0.3 is 0 Å². The largest absolute Gasteiger partial charge is 0.508 e. The molecule has 4 rings (SSSR count). The smallest absolute Gasteiger partial charge is 0.260 e. The second kappa shape index (κ2) is 5.77. The van der Waals surface area contributed by atoms with Crippen LogP contribution in [0.5, 0.6) is 5.75 Å². The molecule has 0 saturated heterocycles. The first-order valence-electron chi connectivity index (χ1n) is 8.19. The zero-order chi connectivity index (χ0) is 17.6. The highest BCUT2D eigenvalue weighted by atomic mass is 16.4. The van der Waals surface area contributed by atoms with E-state index >= 15 is 0 Å². The van der Waals surface area contributed by atoms with Crippen LogP contribution in [0.25, 0.3) is 0 Å². The second-order valence-corrected chi connectivity index (χ2v) is 6.13. The Morgan fingerprint density at radius 3 is 3.08 bits per heavy atom. The predicted octanol–water partition coefficient (Wildman–Crippen LogP) is 3.06. The summed E-state index contributed by atoms with van der Waals surface area (Å²) >= 11 is 0. The zero-order valence-electron chi connectivity index (χ0n) is 14.0. The van der Waals surface area contributed by atoms with Gasteiger partial charge in [-0.3, -0.25) is 9.79 Å². The molecule has 128 valence electrons. The fourth-order valence-electron chi connectivity index (χ4n) is 3.13. The molecule has 1 unspecified atom stereocenters. The maximum atomic E-state index is 12.8. The van der Waals surface area contributed by atoms with E-state index in [1.165, 1.54) is 6.07 Å². The van der Waals surface area contributed by atoms with Crippen LogP contribution in [-0.4, -0.2) is 40.7 Å². The molecule has 1 atom stereocenters. The van der Waals surface area contributed by atoms with Gasteiger partial charge in [-0.25, -0.2) is 4.99 Å². The molecule has 2 aromatic rings. The molecule has 0 spiro atoms. The number of furan rings is 1. The van der Waals surface area contributed by atoms with E-state index in [1.807, 2.05) is 4.90 Å². The molecule has 0 radical (unpaired) electrons. The minimum Gasteiger partial charge on any atom is -0.508 e. The van der Waals surface area contributed by atoms with Crippen molar-refractivity contribution in [2.45, 2.75) is 26.3 Å². The molecule has 7 nitrogen and oxygen atoms in total. The predicted molar refractivity (Wildman–Crippen MR) is 95.0 cm³/mol. The van der Waals surface area contributed by atoms with Crippen LogP contribution >= 0.6 is 0 Å². The van der Waals surface area contributed by atoms with Crippen LogP contribution in [0, 0.1) is 6.92 Å². The third-order valence-electron chi connectivity index (χ3n) is 4.39. The standard InChI is InChI=1S/C18H18N4O3/c1-3-11-8-22-9-19-18-15(16(22)20-11)14(10(2)25-18)17(24)21-12-5-4-6-13(23)7-12/h4-7,9,11,23H,3,8H2,1-2H3,(H,21,24). The molecule has 0 bridgehead atoms. The fourth-order valence-corrected chi connectivity index (χ4v) is 3.13. The van der Waals surface area contributed by atoms with Crippen LogP contribution in [0.3, 0.4) is 0 Å². The molecular formula is C18H18N4O3. The molecule has 2 N–H and O–H groups in total. The van der Waals surface area contributed by atoms with Gasteiger partial charge in [-0.1, -0.05) is 13.0 Å². The summed E-state index contributed by atoms with van der Waals surface area (Å²) in [7, 11) is 0. The Kier molecular flexibility index (Phi) is 3.56. The first kappa shape index (κ1) is 15.4. The van der Waals surface area contributed by atoms with E-state index in [9.17, 15) is 9.90 Å². The van der Waals surface area contributed by atoms with Gasteiger partial charge in [0.1, 0.15) is 23.7 Å². The number of benzene rings is 1. The van der Waals surface area contributed by atoms with Crippen molar-refractivity contribution < 1.29 is 14.3 Å². The van der Waals surface area contributed by atoms with Crippen molar-refractivity contribution in [2.75, 3.05) is 11.9 Å². The van der Waals surface area contributed by atoms with Crippen molar-refractivity contribution >= 4 is 29.7 Å². The molecule has 2 aliphatic heterocycles. The van der Waals surface area contributed by atoms with Gasteiger partial charge in [0.2, 0.25) is 5.88 Å². The SMILES string of the molecule is CCC1CN2C=Nc3oc(C)c(C(=O)Nc4cccc(O)c4)c3C2=N1. The Hall–Kier alpha value is -3.09. The topological polar surface area (TPSA) is 90.4 Å². The number of carbonyl (C=O) groups is 1. The quantitative estimate of drug-likeness (QED) is 0.900. The Labute approximate surface area is 144 Å². The lowest BCUT2D eigenvalue weighted by Crippen LogP contribution is -2.31. The van der Waals surface area contributed by atoms with Gasteiger partial charge in [0.05, 0.1) is 17.2 Å². The summed E-state index contributed by atoms with van der Waals surface area (Å²) in [5.74, 6) is 1.41. The number of phenols is 1. The van der Waals surface area contributed by atoms with Gasteiger partial charge < -0.3 is 19.7 Å². The van der Waals surface area contributed by atoms with E-state index < -0.39 is 0 Å². The normalized spacial score (nSPS) is 17.9. The summed E-state index contributed by atoms with van der Waals surface area (Å²) in [4.78, 5) is 23.8. The van der Waals surface area contributed by atoms with E-state index in [0.717, 1.165) is 18.8 Å². The third-order valence-corrected chi connectivity index (χ3v) is 4.39. The molecule has 0 aliphatic carbocycles. The minimum atomic E-state index is -0.312. The maximum Gasteiger partial charge on any atom is 0.260 e. The molecule has 2 aliphatic rings. The monoisotopic (exact) mass is 338 g/mol. The molecule has 25 heavy (non-hydrogen) atoms. The lowest BCUT2D eigenvalue weighted by molar-refractivity contribution is 0.102. The van der Waals surface area contributed by atoms with Crippen LogP contribution in [0.4, 0.5) is 11.6 Å². The highest BCUT2D eigenvalue weighted by Gasteiger charge is 2.35. The van der Waals surface area contributed by atoms with Crippen LogP contribution in [0.1, 0.15) is 35.0 Å². The average molecular weight is 338 g/mol. The van der Waals surface area contributed by atoms with Crippen LogP contribution in [-0.2, 0) is 0 Å². The zero-order valence-corrected chi connectivity index (χ0v) is 14.0. The van der Waals surface area contributed by atoms with Crippen molar-refractivity contribution in [3.63, 3.8) is 0 Å². The van der Waals surface area contributed by atoms with Gasteiger partial charge in [-0.2, -0.15) is 0 Å². The van der Waals surface area contributed by atoms with Crippen LogP contribution < -0.4 is 5.32 Å². The first-order valence-corrected chi connectivity index (χ1v) is 8.19. The summed E-state index contributed by atoms with van der Waals surface area (Å²) in [5.41, 5.74) is 1.57. The summed E-state index contributed by atoms with van der Waals surface area (Å²) in [6.45, 7) is 4.58. The minimum absolute atomic E-state index is 0.0884. The number of aryl methyl sites for hydroxylation is 1. The Bertz CT molecular complexity index is 913. The average Bonchev–Trinajstić information content (AvgIpc) is 3.14. The molecule has 1 aromatic heterocycles. The van der Waals surface area contributed by atoms with E-state index in [2.05, 4.69) is 17.2 Å². The maximum absolute atomic E-state index is 12.8. The number of carbonyl (C=O) groups excluding carboxylic acids is 1. The van der Waals surface area contributed by atoms with Gasteiger partial charge in [0.25, 0.3) is 5.91 Å². The van der Waals surface area contributed by atoms with Crippen LogP contribution in [0.2, 0.25) is 0 Å². The number of anilines is 1. The molecule has 0 fully saturated rings. The Morgan fingerprint density at radius 1 is 1.48 bits per heavy atom. The fraction of sp³-hybridized carbons (Fsp3) is 0.278. The number of phenolic OH excluding ortho intramolecular Hbond substituents is 1. The van der Waals surface area contributed by atoms with Crippen molar-refractivity contribution in [1.82, 2.24) is 4.90 Å². The van der Waals surface area contributed by atoms with Crippen molar-refractivity contribution in [3.8, 4) is 5.75 Å². The molecule has 1 amide bonds. The molecule has 7 heteroatoms. The van der Waals surface area contributed by atoms with Gasteiger partial charge in [-0.15, -0.1) is 0 Å². The Morgan fingerprint density at radius 2 is 2.32 bits per heavy atom. The highest BCUT2D eigenvalue weighted by molar-refractivity contribution is 6.19. The van der Waals surface area contributed by atoms with Gasteiger partial charge in [0, 0.05) is 18.3 Å². The number of aliphatic imine (C=N–C) groups is 2. The Balaban J connectivity index is 1.73. The number of amidine groups is 1. The number of hydrogen-bond donors (Lipinski definition) is 2. The van der Waals surface area contributed by atoms with E-state index in [0.29, 0.717) is 28.5 Å².